The van der Waals surface area contributed by atoms with Crippen LogP contribution >= 0.6 is 0 Å². The van der Waals surface area contributed by atoms with Crippen LogP contribution < -0.4 is 5.32 Å². The fourth-order valence-corrected chi connectivity index (χ4v) is 1.88. The van der Waals surface area contributed by atoms with Gasteiger partial charge in [-0.3, -0.25) is 0 Å². The van der Waals surface area contributed by atoms with Crippen LogP contribution in [0.2, 0.25) is 0 Å². The zero-order chi connectivity index (χ0) is 13.4. The van der Waals surface area contributed by atoms with E-state index in [-0.39, 0.29) is 0 Å². The van der Waals surface area contributed by atoms with Gasteiger partial charge >= 0.3 is 0 Å². The smallest absolute Gasteiger partial charge is 0.224 e. The molecule has 0 radical (unpaired) electrons. The van der Waals surface area contributed by atoms with Crippen LogP contribution in [0.5, 0.6) is 0 Å². The van der Waals surface area contributed by atoms with Gasteiger partial charge in [0.05, 0.1) is 0 Å². The molecule has 0 spiro atoms. The summed E-state index contributed by atoms with van der Waals surface area (Å²) in [7, 11) is 0. The molecule has 18 heavy (non-hydrogen) atoms. The maximum absolute atomic E-state index is 8.86. The Morgan fingerprint density at radius 1 is 1.39 bits per heavy atom. The SMILES string of the molecule is CCCCC(CC)CNc1nc(C)cc(C#N)n1. The van der Waals surface area contributed by atoms with Crippen LogP contribution in [-0.2, 0) is 0 Å². The number of aromatic nitrogens is 2. The van der Waals surface area contributed by atoms with Crippen LogP contribution in [0.15, 0.2) is 6.07 Å². The molecule has 1 rings (SSSR count). The van der Waals surface area contributed by atoms with Gasteiger partial charge in [0.1, 0.15) is 11.8 Å². The van der Waals surface area contributed by atoms with E-state index in [0.717, 1.165) is 18.7 Å². The first-order valence-electron chi connectivity index (χ1n) is 6.69. The molecule has 4 nitrogen and oxygen atoms in total. The summed E-state index contributed by atoms with van der Waals surface area (Å²) in [6.07, 6.45) is 4.88. The summed E-state index contributed by atoms with van der Waals surface area (Å²) in [4.78, 5) is 8.45. The summed E-state index contributed by atoms with van der Waals surface area (Å²) < 4.78 is 0. The molecule has 4 heteroatoms. The van der Waals surface area contributed by atoms with Crippen molar-refractivity contribution in [3.05, 3.63) is 17.5 Å². The van der Waals surface area contributed by atoms with E-state index in [9.17, 15) is 0 Å². The zero-order valence-electron chi connectivity index (χ0n) is 11.5. The second-order valence-electron chi connectivity index (χ2n) is 4.63. The number of anilines is 1. The lowest BCUT2D eigenvalue weighted by Crippen LogP contribution is -2.15. The largest absolute Gasteiger partial charge is 0.354 e. The second-order valence-corrected chi connectivity index (χ2v) is 4.63. The van der Waals surface area contributed by atoms with Gasteiger partial charge in [0.2, 0.25) is 5.95 Å². The van der Waals surface area contributed by atoms with Crippen molar-refractivity contribution in [1.29, 1.82) is 5.26 Å². The van der Waals surface area contributed by atoms with Crippen molar-refractivity contribution < 1.29 is 0 Å². The average molecular weight is 246 g/mol. The van der Waals surface area contributed by atoms with Crippen molar-refractivity contribution in [2.24, 2.45) is 5.92 Å². The molecule has 0 saturated carbocycles. The summed E-state index contributed by atoms with van der Waals surface area (Å²) in [6.45, 7) is 7.18. The van der Waals surface area contributed by atoms with Gasteiger partial charge in [-0.1, -0.05) is 33.1 Å². The highest BCUT2D eigenvalue weighted by Crippen LogP contribution is 2.13. The topological polar surface area (TPSA) is 61.6 Å². The molecule has 0 fully saturated rings. The van der Waals surface area contributed by atoms with Gasteiger partial charge in [-0.05, 0) is 25.3 Å². The van der Waals surface area contributed by atoms with Gasteiger partial charge in [-0.15, -0.1) is 0 Å². The molecule has 1 atom stereocenters. The molecule has 0 bridgehead atoms. The molecule has 1 heterocycles. The Kier molecular flexibility index (Phi) is 6.13. The highest BCUT2D eigenvalue weighted by atomic mass is 15.1. The fourth-order valence-electron chi connectivity index (χ4n) is 1.88. The third-order valence-corrected chi connectivity index (χ3v) is 3.06. The number of nitriles is 1. The molecule has 1 unspecified atom stereocenters. The van der Waals surface area contributed by atoms with Crippen LogP contribution in [0.3, 0.4) is 0 Å². The minimum atomic E-state index is 0.423. The van der Waals surface area contributed by atoms with Crippen LogP contribution in [0, 0.1) is 24.2 Å². The van der Waals surface area contributed by atoms with E-state index in [4.69, 9.17) is 5.26 Å². The first-order chi connectivity index (χ1) is 8.69. The molecule has 0 aliphatic carbocycles. The Morgan fingerprint density at radius 3 is 2.78 bits per heavy atom. The monoisotopic (exact) mass is 246 g/mol. The molecule has 0 saturated heterocycles. The Labute approximate surface area is 109 Å². The van der Waals surface area contributed by atoms with Crippen LogP contribution in [0.4, 0.5) is 5.95 Å². The van der Waals surface area contributed by atoms with E-state index in [0.29, 0.717) is 17.6 Å². The van der Waals surface area contributed by atoms with Crippen molar-refractivity contribution >= 4 is 5.95 Å². The number of nitrogens with one attached hydrogen (secondary N) is 1. The van der Waals surface area contributed by atoms with E-state index in [1.54, 1.807) is 6.07 Å². The first-order valence-corrected chi connectivity index (χ1v) is 6.69. The van der Waals surface area contributed by atoms with Gasteiger partial charge in [-0.25, -0.2) is 9.97 Å². The molecule has 98 valence electrons. The van der Waals surface area contributed by atoms with Crippen molar-refractivity contribution in [2.45, 2.75) is 46.5 Å². The maximum atomic E-state index is 8.86. The van der Waals surface area contributed by atoms with Crippen molar-refractivity contribution in [2.75, 3.05) is 11.9 Å². The fraction of sp³-hybridized carbons (Fsp3) is 0.643. The number of unbranched alkanes of at least 4 members (excludes halogenated alkanes) is 1. The van der Waals surface area contributed by atoms with Crippen LogP contribution in [-0.4, -0.2) is 16.5 Å². The molecular formula is C14H22N4. The normalized spacial score (nSPS) is 11.9. The summed E-state index contributed by atoms with van der Waals surface area (Å²) in [5.41, 5.74) is 1.25. The van der Waals surface area contributed by atoms with Crippen molar-refractivity contribution in [3.8, 4) is 6.07 Å². The summed E-state index contributed by atoms with van der Waals surface area (Å²) in [5.74, 6) is 1.22. The highest BCUT2D eigenvalue weighted by molar-refractivity contribution is 5.32. The molecule has 0 aliphatic heterocycles. The first kappa shape index (κ1) is 14.4. The summed E-state index contributed by atoms with van der Waals surface area (Å²) >= 11 is 0. The van der Waals surface area contributed by atoms with E-state index in [1.165, 1.54) is 19.3 Å². The minimum Gasteiger partial charge on any atom is -0.354 e. The van der Waals surface area contributed by atoms with Gasteiger partial charge < -0.3 is 5.32 Å². The van der Waals surface area contributed by atoms with Crippen molar-refractivity contribution in [1.82, 2.24) is 9.97 Å². The Balaban J connectivity index is 2.56. The van der Waals surface area contributed by atoms with E-state index in [2.05, 4.69) is 35.2 Å². The predicted molar refractivity (Wildman–Crippen MR) is 73.3 cm³/mol. The van der Waals surface area contributed by atoms with Gasteiger partial charge in [-0.2, -0.15) is 5.26 Å². The summed E-state index contributed by atoms with van der Waals surface area (Å²) in [6, 6.07) is 3.75. The maximum Gasteiger partial charge on any atom is 0.224 e. The Bertz CT molecular complexity index is 409. The number of nitrogens with zero attached hydrogens (tertiary/aromatic N) is 3. The molecule has 1 aromatic heterocycles. The van der Waals surface area contributed by atoms with Gasteiger partial charge in [0.15, 0.2) is 0 Å². The Hall–Kier alpha value is -1.63. The molecular weight excluding hydrogens is 224 g/mol. The van der Waals surface area contributed by atoms with E-state index < -0.39 is 0 Å². The van der Waals surface area contributed by atoms with Gasteiger partial charge in [0, 0.05) is 12.2 Å². The lowest BCUT2D eigenvalue weighted by molar-refractivity contribution is 0.471. The second kappa shape index (κ2) is 7.65. The molecule has 1 N–H and O–H groups in total. The molecule has 0 amide bonds. The van der Waals surface area contributed by atoms with E-state index in [1.807, 2.05) is 6.92 Å². The zero-order valence-corrected chi connectivity index (χ0v) is 11.5. The standard InChI is InChI=1S/C14H22N4/c1-4-6-7-12(5-2)10-16-14-17-11(3)8-13(9-15)18-14/h8,12H,4-7,10H2,1-3H3,(H,16,17,18). The van der Waals surface area contributed by atoms with Crippen LogP contribution in [0.1, 0.15) is 50.9 Å². The highest BCUT2D eigenvalue weighted by Gasteiger charge is 2.07. The lowest BCUT2D eigenvalue weighted by atomic mass is 9.99. The third kappa shape index (κ3) is 4.70. The molecule has 1 aromatic rings. The number of hydrogen-bond donors (Lipinski definition) is 1. The lowest BCUT2D eigenvalue weighted by Gasteiger charge is -2.15. The molecule has 0 aromatic carbocycles. The number of rotatable bonds is 7. The quantitative estimate of drug-likeness (QED) is 0.802. The van der Waals surface area contributed by atoms with Crippen molar-refractivity contribution in [3.63, 3.8) is 0 Å². The Morgan fingerprint density at radius 2 is 2.17 bits per heavy atom. The van der Waals surface area contributed by atoms with Gasteiger partial charge in [0.25, 0.3) is 0 Å². The summed E-state index contributed by atoms with van der Waals surface area (Å²) in [5, 5.41) is 12.1. The van der Waals surface area contributed by atoms with E-state index >= 15 is 0 Å². The average Bonchev–Trinajstić information content (AvgIpc) is 2.38. The molecule has 0 aliphatic rings. The number of aryl methyl sites for hydroxylation is 1. The minimum absolute atomic E-state index is 0.423. The third-order valence-electron chi connectivity index (χ3n) is 3.06. The predicted octanol–water partition coefficient (Wildman–Crippen LogP) is 3.29. The van der Waals surface area contributed by atoms with Crippen LogP contribution in [0.25, 0.3) is 0 Å². The number of hydrogen-bond acceptors (Lipinski definition) is 4.